The molecule has 2 unspecified atom stereocenters. The average Bonchev–Trinajstić information content (AvgIpc) is 2.66. The zero-order chi connectivity index (χ0) is 18.1. The van der Waals surface area contributed by atoms with E-state index in [2.05, 4.69) is 15.2 Å². The highest BCUT2D eigenvalue weighted by Crippen LogP contribution is 2.18. The van der Waals surface area contributed by atoms with E-state index in [1.54, 1.807) is 7.05 Å². The predicted molar refractivity (Wildman–Crippen MR) is 115 cm³/mol. The van der Waals surface area contributed by atoms with Crippen LogP contribution in [0.25, 0.3) is 0 Å². The van der Waals surface area contributed by atoms with Gasteiger partial charge >= 0.3 is 5.97 Å². The molecule has 0 saturated carbocycles. The number of hydrogen-bond acceptors (Lipinski definition) is 4. The van der Waals surface area contributed by atoms with Crippen LogP contribution in [-0.4, -0.2) is 60.1 Å². The van der Waals surface area contributed by atoms with E-state index in [4.69, 9.17) is 4.74 Å². The second-order valence-electron chi connectivity index (χ2n) is 5.87. The molecule has 0 bridgehead atoms. The monoisotopic (exact) mass is 493 g/mol. The molecule has 6 nitrogen and oxygen atoms in total. The Labute approximate surface area is 175 Å². The summed E-state index contributed by atoms with van der Waals surface area (Å²) in [6.45, 7) is 4.27. The molecule has 1 fully saturated rings. The van der Waals surface area contributed by atoms with Crippen LogP contribution < -0.4 is 5.32 Å². The number of benzene rings is 1. The number of rotatable bonds is 6. The van der Waals surface area contributed by atoms with E-state index in [0.29, 0.717) is 25.4 Å². The Balaban J connectivity index is 0.00000338. The highest BCUT2D eigenvalue weighted by atomic mass is 127. The first-order valence-electron chi connectivity index (χ1n) is 8.71. The number of esters is 1. The fourth-order valence-corrected chi connectivity index (χ4v) is 3.88. The van der Waals surface area contributed by atoms with Crippen molar-refractivity contribution in [1.29, 1.82) is 0 Å². The maximum Gasteiger partial charge on any atom is 0.310 e. The van der Waals surface area contributed by atoms with E-state index in [0.717, 1.165) is 30.2 Å². The van der Waals surface area contributed by atoms with Crippen molar-refractivity contribution in [3.8, 4) is 0 Å². The number of likely N-dealkylation sites (tertiary alicyclic amines) is 1. The molecule has 0 spiro atoms. The zero-order valence-electron chi connectivity index (χ0n) is 15.3. The number of nitrogens with zero attached hydrogens (tertiary/aromatic N) is 2. The summed E-state index contributed by atoms with van der Waals surface area (Å²) in [6, 6.07) is 9.45. The fraction of sp³-hybridized carbons (Fsp3) is 0.556. The summed E-state index contributed by atoms with van der Waals surface area (Å²) >= 11 is 0. The Bertz CT molecular complexity index is 613. The standard InChI is InChI=1S/C18H27N3O3S.HI/c1-3-24-17(22)15-8-7-12-21(14-15)18(19-2)20-11-13-25(23)16-9-5-4-6-10-16;/h4-6,9-10,15H,3,7-8,11-14H2,1-2H3,(H,19,20);1H. The molecule has 0 radical (unpaired) electrons. The summed E-state index contributed by atoms with van der Waals surface area (Å²) in [5.41, 5.74) is 0. The molecule has 1 aromatic rings. The van der Waals surface area contributed by atoms with Crippen LogP contribution in [0, 0.1) is 5.92 Å². The minimum Gasteiger partial charge on any atom is -0.466 e. The van der Waals surface area contributed by atoms with Crippen molar-refractivity contribution < 1.29 is 13.7 Å². The maximum atomic E-state index is 12.3. The largest absolute Gasteiger partial charge is 0.466 e. The lowest BCUT2D eigenvalue weighted by atomic mass is 9.98. The topological polar surface area (TPSA) is 71.0 Å². The summed E-state index contributed by atoms with van der Waals surface area (Å²) in [5.74, 6) is 1.02. The molecule has 1 saturated heterocycles. The normalized spacial score (nSPS) is 18.6. The van der Waals surface area contributed by atoms with Gasteiger partial charge in [-0.2, -0.15) is 0 Å². The molecule has 1 heterocycles. The fourth-order valence-electron chi connectivity index (χ4n) is 2.90. The van der Waals surface area contributed by atoms with E-state index in [1.165, 1.54) is 0 Å². The predicted octanol–water partition coefficient (Wildman–Crippen LogP) is 2.26. The quantitative estimate of drug-likeness (QED) is 0.285. The van der Waals surface area contributed by atoms with Crippen LogP contribution in [0.1, 0.15) is 19.8 Å². The van der Waals surface area contributed by atoms with Gasteiger partial charge in [-0.1, -0.05) is 18.2 Å². The van der Waals surface area contributed by atoms with Gasteiger partial charge in [-0.3, -0.25) is 14.0 Å². The molecule has 146 valence electrons. The van der Waals surface area contributed by atoms with Crippen molar-refractivity contribution in [1.82, 2.24) is 10.2 Å². The summed E-state index contributed by atoms with van der Waals surface area (Å²) < 4.78 is 17.4. The van der Waals surface area contributed by atoms with E-state index in [9.17, 15) is 9.00 Å². The minimum atomic E-state index is -1.03. The number of carbonyl (C=O) groups is 1. The van der Waals surface area contributed by atoms with Crippen molar-refractivity contribution >= 4 is 46.7 Å². The van der Waals surface area contributed by atoms with Gasteiger partial charge in [-0.05, 0) is 31.9 Å². The lowest BCUT2D eigenvalue weighted by molar-refractivity contribution is -0.149. The first-order valence-corrected chi connectivity index (χ1v) is 10.0. The van der Waals surface area contributed by atoms with Gasteiger partial charge in [-0.25, -0.2) is 0 Å². The molecule has 1 aliphatic rings. The van der Waals surface area contributed by atoms with Crippen LogP contribution in [0.4, 0.5) is 0 Å². The molecular formula is C18H28IN3O3S. The van der Waals surface area contributed by atoms with E-state index in [-0.39, 0.29) is 35.9 Å². The number of carbonyl (C=O) groups excluding carboxylic acids is 1. The Morgan fingerprint density at radius 3 is 2.77 bits per heavy atom. The highest BCUT2D eigenvalue weighted by Gasteiger charge is 2.28. The number of ether oxygens (including phenoxy) is 1. The van der Waals surface area contributed by atoms with Crippen LogP contribution in [-0.2, 0) is 20.3 Å². The summed E-state index contributed by atoms with van der Waals surface area (Å²) in [5, 5.41) is 3.26. The lowest BCUT2D eigenvalue weighted by Gasteiger charge is -2.33. The van der Waals surface area contributed by atoms with Crippen molar-refractivity contribution in [2.24, 2.45) is 10.9 Å². The molecule has 26 heavy (non-hydrogen) atoms. The number of piperidine rings is 1. The van der Waals surface area contributed by atoms with Crippen LogP contribution >= 0.6 is 24.0 Å². The molecule has 8 heteroatoms. The van der Waals surface area contributed by atoms with E-state index in [1.807, 2.05) is 37.3 Å². The Morgan fingerprint density at radius 2 is 2.12 bits per heavy atom. The second-order valence-corrected chi connectivity index (χ2v) is 7.44. The van der Waals surface area contributed by atoms with Gasteiger partial charge in [0.05, 0.1) is 23.3 Å². The van der Waals surface area contributed by atoms with Gasteiger partial charge in [-0.15, -0.1) is 24.0 Å². The Morgan fingerprint density at radius 1 is 1.38 bits per heavy atom. The molecular weight excluding hydrogens is 465 g/mol. The first kappa shape index (κ1) is 22.9. The molecule has 0 aliphatic carbocycles. The number of hydrogen-bond donors (Lipinski definition) is 1. The van der Waals surface area contributed by atoms with Crippen LogP contribution in [0.5, 0.6) is 0 Å². The summed E-state index contributed by atoms with van der Waals surface area (Å²) in [6.07, 6.45) is 1.78. The van der Waals surface area contributed by atoms with Crippen LogP contribution in [0.2, 0.25) is 0 Å². The smallest absolute Gasteiger partial charge is 0.310 e. The minimum absolute atomic E-state index is 0. The van der Waals surface area contributed by atoms with Gasteiger partial charge in [0.1, 0.15) is 0 Å². The first-order chi connectivity index (χ1) is 12.2. The lowest BCUT2D eigenvalue weighted by Crippen LogP contribution is -2.48. The number of aliphatic imine (C=N–C) groups is 1. The molecule has 0 amide bonds. The summed E-state index contributed by atoms with van der Waals surface area (Å²) in [4.78, 5) is 19.2. The molecule has 0 aromatic heterocycles. The highest BCUT2D eigenvalue weighted by molar-refractivity contribution is 14.0. The van der Waals surface area contributed by atoms with E-state index < -0.39 is 10.8 Å². The van der Waals surface area contributed by atoms with Gasteiger partial charge in [0.15, 0.2) is 5.96 Å². The number of nitrogens with one attached hydrogen (secondary N) is 1. The molecule has 2 atom stereocenters. The third-order valence-corrected chi connectivity index (χ3v) is 5.50. The van der Waals surface area contributed by atoms with Crippen molar-refractivity contribution in [3.05, 3.63) is 30.3 Å². The van der Waals surface area contributed by atoms with Crippen LogP contribution in [0.15, 0.2) is 40.2 Å². The van der Waals surface area contributed by atoms with Crippen molar-refractivity contribution in [2.45, 2.75) is 24.7 Å². The Kier molecular flexibility index (Phi) is 10.8. The third kappa shape index (κ3) is 6.86. The van der Waals surface area contributed by atoms with E-state index >= 15 is 0 Å². The Hall–Kier alpha value is -1.16. The van der Waals surface area contributed by atoms with Crippen molar-refractivity contribution in [2.75, 3.05) is 39.0 Å². The van der Waals surface area contributed by atoms with Gasteiger partial charge < -0.3 is 15.0 Å². The van der Waals surface area contributed by atoms with Crippen LogP contribution in [0.3, 0.4) is 0 Å². The third-order valence-electron chi connectivity index (χ3n) is 4.13. The van der Waals surface area contributed by atoms with Gasteiger partial charge in [0.2, 0.25) is 0 Å². The SMILES string of the molecule is CCOC(=O)C1CCCN(C(=NC)NCCS(=O)c2ccccc2)C1.I. The molecule has 1 N–H and O–H groups in total. The molecule has 2 rings (SSSR count). The second kappa shape index (κ2) is 12.3. The molecule has 1 aromatic carbocycles. The number of guanidine groups is 1. The van der Waals surface area contributed by atoms with Gasteiger partial charge in [0.25, 0.3) is 0 Å². The maximum absolute atomic E-state index is 12.3. The van der Waals surface area contributed by atoms with Gasteiger partial charge in [0, 0.05) is 37.3 Å². The zero-order valence-corrected chi connectivity index (χ0v) is 18.5. The van der Waals surface area contributed by atoms with Crippen molar-refractivity contribution in [3.63, 3.8) is 0 Å². The molecule has 1 aliphatic heterocycles. The average molecular weight is 493 g/mol. The number of halogens is 1. The summed E-state index contributed by atoms with van der Waals surface area (Å²) in [7, 11) is 0.693.